The van der Waals surface area contributed by atoms with Gasteiger partial charge in [0.2, 0.25) is 0 Å². The number of aliphatic hydroxyl groups is 2. The molecule has 0 radical (unpaired) electrons. The molecule has 5 heteroatoms. The maximum atomic E-state index is 10.4. The van der Waals surface area contributed by atoms with Crippen molar-refractivity contribution in [2.24, 2.45) is 11.8 Å². The number of ketones is 2. The van der Waals surface area contributed by atoms with Crippen LogP contribution in [0.25, 0.3) is 0 Å². The van der Waals surface area contributed by atoms with E-state index in [-0.39, 0.29) is 40.2 Å². The standard InChI is InChI=1S/2C8H14O2.Fe/c2*1-6(2)4-8(10)5-7(3)9;/h2*5-6,10H,4H2,1-3H3;/b2*8-5-;. The molecule has 0 atom stereocenters. The normalized spacial score (nSPS) is 11.6. The molecule has 4 nitrogen and oxygen atoms in total. The fourth-order valence-corrected chi connectivity index (χ4v) is 1.42. The van der Waals surface area contributed by atoms with E-state index in [0.717, 1.165) is 0 Å². The summed E-state index contributed by atoms with van der Waals surface area (Å²) in [5, 5.41) is 18.1. The van der Waals surface area contributed by atoms with Crippen LogP contribution < -0.4 is 0 Å². The SMILES string of the molecule is CC(=O)/C=C(\O)CC(C)C.CC(=O)/C=C(\O)CC(C)C.[Fe]. The van der Waals surface area contributed by atoms with E-state index in [9.17, 15) is 9.59 Å². The van der Waals surface area contributed by atoms with Crippen molar-refractivity contribution in [2.45, 2.75) is 54.4 Å². The zero-order valence-electron chi connectivity index (χ0n) is 13.8. The number of aliphatic hydroxyl groups excluding tert-OH is 2. The van der Waals surface area contributed by atoms with Crippen molar-refractivity contribution >= 4 is 11.6 Å². The van der Waals surface area contributed by atoms with E-state index in [1.807, 2.05) is 27.7 Å². The molecule has 0 bridgehead atoms. The minimum absolute atomic E-state index is 0. The Morgan fingerprint density at radius 3 is 1.19 bits per heavy atom. The first kappa shape index (κ1) is 24.9. The molecule has 0 rings (SSSR count). The van der Waals surface area contributed by atoms with E-state index in [2.05, 4.69) is 0 Å². The van der Waals surface area contributed by atoms with E-state index in [1.54, 1.807) is 0 Å². The van der Waals surface area contributed by atoms with Crippen molar-refractivity contribution in [3.05, 3.63) is 23.7 Å². The summed E-state index contributed by atoms with van der Waals surface area (Å²) in [5.74, 6) is 0.965. The number of allylic oxidation sites excluding steroid dienone is 4. The second-order valence-corrected chi connectivity index (χ2v) is 5.69. The van der Waals surface area contributed by atoms with E-state index >= 15 is 0 Å². The third kappa shape index (κ3) is 24.3. The zero-order chi connectivity index (χ0) is 16.3. The summed E-state index contributed by atoms with van der Waals surface area (Å²) in [5.41, 5.74) is 0. The summed E-state index contributed by atoms with van der Waals surface area (Å²) >= 11 is 0. The number of carbonyl (C=O) groups excluding carboxylic acids is 2. The molecule has 0 aliphatic rings. The second kappa shape index (κ2) is 13.9. The van der Waals surface area contributed by atoms with Gasteiger partial charge in [0, 0.05) is 42.1 Å². The second-order valence-electron chi connectivity index (χ2n) is 5.69. The van der Waals surface area contributed by atoms with Crippen LogP contribution in [0.4, 0.5) is 0 Å². The van der Waals surface area contributed by atoms with Gasteiger partial charge in [-0.2, -0.15) is 0 Å². The first-order valence-electron chi connectivity index (χ1n) is 6.84. The third-order valence-corrected chi connectivity index (χ3v) is 1.97. The van der Waals surface area contributed by atoms with Crippen molar-refractivity contribution in [2.75, 3.05) is 0 Å². The maximum absolute atomic E-state index is 10.4. The van der Waals surface area contributed by atoms with Crippen molar-refractivity contribution in [1.29, 1.82) is 0 Å². The minimum Gasteiger partial charge on any atom is -0.512 e. The molecule has 0 amide bonds. The molecule has 21 heavy (non-hydrogen) atoms. The monoisotopic (exact) mass is 340 g/mol. The van der Waals surface area contributed by atoms with Crippen molar-refractivity contribution < 1.29 is 36.9 Å². The Hall–Kier alpha value is -1.06. The average molecular weight is 340 g/mol. The third-order valence-electron chi connectivity index (χ3n) is 1.97. The smallest absolute Gasteiger partial charge is 0.155 e. The van der Waals surface area contributed by atoms with Gasteiger partial charge < -0.3 is 10.2 Å². The summed E-state index contributed by atoms with van der Waals surface area (Å²) in [4.78, 5) is 20.8. The van der Waals surface area contributed by atoms with Crippen LogP contribution in [0.15, 0.2) is 23.7 Å². The van der Waals surface area contributed by atoms with Crippen LogP contribution in [0.5, 0.6) is 0 Å². The van der Waals surface area contributed by atoms with Gasteiger partial charge in [0.15, 0.2) is 11.6 Å². The molecule has 0 spiro atoms. The maximum Gasteiger partial charge on any atom is 0.155 e. The molecule has 0 aliphatic heterocycles. The quantitative estimate of drug-likeness (QED) is 0.433. The Morgan fingerprint density at radius 2 is 1.05 bits per heavy atom. The molecule has 0 aromatic carbocycles. The molecule has 2 N–H and O–H groups in total. The van der Waals surface area contributed by atoms with Crippen LogP contribution in [0, 0.1) is 11.8 Å². The number of rotatable bonds is 6. The van der Waals surface area contributed by atoms with Gasteiger partial charge in [0.05, 0.1) is 11.5 Å². The van der Waals surface area contributed by atoms with Gasteiger partial charge in [-0.3, -0.25) is 9.59 Å². The van der Waals surface area contributed by atoms with Crippen LogP contribution >= 0.6 is 0 Å². The fraction of sp³-hybridized carbons (Fsp3) is 0.625. The van der Waals surface area contributed by atoms with Crippen molar-refractivity contribution in [3.63, 3.8) is 0 Å². The fourth-order valence-electron chi connectivity index (χ4n) is 1.42. The van der Waals surface area contributed by atoms with E-state index in [0.29, 0.717) is 24.7 Å². The first-order valence-corrected chi connectivity index (χ1v) is 6.84. The van der Waals surface area contributed by atoms with E-state index in [1.165, 1.54) is 26.0 Å². The van der Waals surface area contributed by atoms with E-state index < -0.39 is 0 Å². The van der Waals surface area contributed by atoms with Gasteiger partial charge in [0.25, 0.3) is 0 Å². The summed E-state index contributed by atoms with van der Waals surface area (Å²) in [7, 11) is 0. The zero-order valence-corrected chi connectivity index (χ0v) is 14.9. The summed E-state index contributed by atoms with van der Waals surface area (Å²) in [6.07, 6.45) is 3.69. The summed E-state index contributed by atoms with van der Waals surface area (Å²) in [6, 6.07) is 0. The van der Waals surface area contributed by atoms with Gasteiger partial charge >= 0.3 is 0 Å². The molecule has 0 heterocycles. The Labute approximate surface area is 138 Å². The molecule has 0 unspecified atom stereocenters. The summed E-state index contributed by atoms with van der Waals surface area (Å²) in [6.45, 7) is 10.8. The Bertz CT molecular complexity index is 332. The van der Waals surface area contributed by atoms with Gasteiger partial charge in [-0.1, -0.05) is 27.7 Å². The molecule has 0 aliphatic carbocycles. The van der Waals surface area contributed by atoms with Gasteiger partial charge in [0.1, 0.15) is 0 Å². The largest absolute Gasteiger partial charge is 0.512 e. The Morgan fingerprint density at radius 1 is 0.810 bits per heavy atom. The molecular formula is C16H28FeO4. The van der Waals surface area contributed by atoms with Crippen LogP contribution in [0.1, 0.15) is 54.4 Å². The van der Waals surface area contributed by atoms with E-state index in [4.69, 9.17) is 10.2 Å². The average Bonchev–Trinajstić information content (AvgIpc) is 2.11. The van der Waals surface area contributed by atoms with Crippen LogP contribution in [0.3, 0.4) is 0 Å². The van der Waals surface area contributed by atoms with Crippen molar-refractivity contribution in [3.8, 4) is 0 Å². The first-order chi connectivity index (χ1) is 9.04. The van der Waals surface area contributed by atoms with Crippen molar-refractivity contribution in [1.82, 2.24) is 0 Å². The summed E-state index contributed by atoms with van der Waals surface area (Å²) < 4.78 is 0. The molecule has 0 saturated carbocycles. The van der Waals surface area contributed by atoms with Crippen LogP contribution in [-0.2, 0) is 26.7 Å². The number of hydrogen-bond donors (Lipinski definition) is 2. The van der Waals surface area contributed by atoms with Crippen LogP contribution in [0.2, 0.25) is 0 Å². The molecular weight excluding hydrogens is 312 g/mol. The molecule has 0 aromatic rings. The van der Waals surface area contributed by atoms with Gasteiger partial charge in [-0.05, 0) is 25.7 Å². The minimum atomic E-state index is -0.0989. The molecule has 124 valence electrons. The number of carbonyl (C=O) groups is 2. The molecule has 0 fully saturated rings. The predicted octanol–water partition coefficient (Wildman–Crippen LogP) is 4.12. The Kier molecular flexibility index (Phi) is 16.5. The molecule has 0 aromatic heterocycles. The number of hydrogen-bond acceptors (Lipinski definition) is 4. The predicted molar refractivity (Wildman–Crippen MR) is 81.7 cm³/mol. The Balaban J connectivity index is -0.000000295. The topological polar surface area (TPSA) is 74.6 Å². The molecule has 0 saturated heterocycles. The van der Waals surface area contributed by atoms with Gasteiger partial charge in [-0.15, -0.1) is 0 Å². The van der Waals surface area contributed by atoms with Gasteiger partial charge in [-0.25, -0.2) is 0 Å². The van der Waals surface area contributed by atoms with Crippen LogP contribution in [-0.4, -0.2) is 21.8 Å².